The number of allylic oxidation sites excluding steroid dienone is 1. The molecular formula is C25H25NO5. The zero-order chi connectivity index (χ0) is 21.7. The van der Waals surface area contributed by atoms with Gasteiger partial charge in [-0.3, -0.25) is 4.79 Å². The van der Waals surface area contributed by atoms with Gasteiger partial charge in [-0.05, 0) is 38.0 Å². The van der Waals surface area contributed by atoms with Crippen molar-refractivity contribution < 1.29 is 23.4 Å². The average Bonchev–Trinajstić information content (AvgIpc) is 3.54. The van der Waals surface area contributed by atoms with E-state index in [4.69, 9.17) is 18.6 Å². The molecule has 6 heteroatoms. The van der Waals surface area contributed by atoms with Crippen LogP contribution in [0.1, 0.15) is 36.7 Å². The Bertz CT molecular complexity index is 1190. The molecule has 3 aromatic rings. The minimum atomic E-state index is 0.0160. The Morgan fingerprint density at radius 3 is 2.42 bits per heavy atom. The van der Waals surface area contributed by atoms with Gasteiger partial charge in [-0.15, -0.1) is 0 Å². The van der Waals surface area contributed by atoms with Crippen LogP contribution >= 0.6 is 0 Å². The van der Waals surface area contributed by atoms with Crippen molar-refractivity contribution in [3.05, 3.63) is 53.3 Å². The van der Waals surface area contributed by atoms with Gasteiger partial charge in [-0.25, -0.2) is 0 Å². The number of benzene rings is 2. The molecule has 1 aliphatic heterocycles. The van der Waals surface area contributed by atoms with Crippen molar-refractivity contribution in [3.63, 3.8) is 0 Å². The third-order valence-corrected chi connectivity index (χ3v) is 6.16. The van der Waals surface area contributed by atoms with Crippen molar-refractivity contribution in [2.45, 2.75) is 32.4 Å². The molecule has 0 unspecified atom stereocenters. The molecule has 0 saturated heterocycles. The van der Waals surface area contributed by atoms with E-state index in [9.17, 15) is 4.79 Å². The number of amides is 1. The highest BCUT2D eigenvalue weighted by Gasteiger charge is 2.41. The van der Waals surface area contributed by atoms with Crippen LogP contribution < -0.4 is 14.2 Å². The highest BCUT2D eigenvalue weighted by molar-refractivity contribution is 6.28. The number of nitrogens with zero attached hydrogens (tertiary/aromatic N) is 1. The zero-order valence-corrected chi connectivity index (χ0v) is 18.2. The van der Waals surface area contributed by atoms with Gasteiger partial charge in [0.15, 0.2) is 11.5 Å². The van der Waals surface area contributed by atoms with E-state index in [0.29, 0.717) is 35.1 Å². The first-order valence-electron chi connectivity index (χ1n) is 10.4. The normalized spacial score (nSPS) is 17.5. The van der Waals surface area contributed by atoms with Gasteiger partial charge in [-0.1, -0.05) is 18.2 Å². The topological polar surface area (TPSA) is 61.1 Å². The van der Waals surface area contributed by atoms with E-state index < -0.39 is 0 Å². The van der Waals surface area contributed by atoms with Crippen molar-refractivity contribution in [1.29, 1.82) is 0 Å². The predicted octanol–water partition coefficient (Wildman–Crippen LogP) is 4.89. The smallest absolute Gasteiger partial charge is 0.255 e. The standard InChI is InChI=1S/C25H25NO5/c1-14(20-11-15-7-5-6-8-19(15)31-20)22-17-12-21(28-2)24(30-4)23(29-3)18(17)13-26(25(22)27)16-9-10-16/h5-8,11-12,16H,9-10,13H2,1-4H3/b22-14+. The van der Waals surface area contributed by atoms with Crippen LogP contribution in [-0.4, -0.2) is 38.2 Å². The number of carbonyl (C=O) groups excluding carboxylic acids is 1. The van der Waals surface area contributed by atoms with Crippen LogP contribution in [0.3, 0.4) is 0 Å². The molecule has 0 radical (unpaired) electrons. The monoisotopic (exact) mass is 419 g/mol. The second-order valence-electron chi connectivity index (χ2n) is 7.98. The number of fused-ring (bicyclic) bond motifs is 2. The Morgan fingerprint density at radius 2 is 1.77 bits per heavy atom. The summed E-state index contributed by atoms with van der Waals surface area (Å²) >= 11 is 0. The molecule has 0 spiro atoms. The molecule has 1 aliphatic carbocycles. The number of ether oxygens (including phenoxy) is 3. The van der Waals surface area contributed by atoms with Crippen LogP contribution in [-0.2, 0) is 11.3 Å². The summed E-state index contributed by atoms with van der Waals surface area (Å²) in [6.07, 6.45) is 2.04. The minimum Gasteiger partial charge on any atom is -0.493 e. The first-order chi connectivity index (χ1) is 15.1. The molecule has 2 aromatic carbocycles. The van der Waals surface area contributed by atoms with E-state index in [1.807, 2.05) is 48.2 Å². The SMILES string of the molecule is COc1cc2c(c(OC)c1OC)CN(C1CC1)C(=O)/C2=C(\C)c1cc2ccccc2o1. The van der Waals surface area contributed by atoms with Gasteiger partial charge in [0.2, 0.25) is 5.75 Å². The maximum atomic E-state index is 13.7. The molecule has 1 saturated carbocycles. The van der Waals surface area contributed by atoms with Gasteiger partial charge in [-0.2, -0.15) is 0 Å². The van der Waals surface area contributed by atoms with E-state index in [2.05, 4.69) is 0 Å². The molecule has 2 aliphatic rings. The van der Waals surface area contributed by atoms with Crippen LogP contribution in [0.4, 0.5) is 0 Å². The summed E-state index contributed by atoms with van der Waals surface area (Å²) in [7, 11) is 4.79. The number of carbonyl (C=O) groups is 1. The van der Waals surface area contributed by atoms with Gasteiger partial charge in [0.05, 0.1) is 33.4 Å². The fraction of sp³-hybridized carbons (Fsp3) is 0.320. The summed E-state index contributed by atoms with van der Waals surface area (Å²) in [5, 5.41) is 1.00. The molecule has 6 nitrogen and oxygen atoms in total. The number of hydrogen-bond donors (Lipinski definition) is 0. The number of hydrogen-bond acceptors (Lipinski definition) is 5. The van der Waals surface area contributed by atoms with Crippen molar-refractivity contribution in [1.82, 2.24) is 4.90 Å². The number of methoxy groups -OCH3 is 3. The fourth-order valence-corrected chi connectivity index (χ4v) is 4.43. The van der Waals surface area contributed by atoms with E-state index in [1.54, 1.807) is 21.3 Å². The third kappa shape index (κ3) is 3.05. The zero-order valence-electron chi connectivity index (χ0n) is 18.2. The lowest BCUT2D eigenvalue weighted by molar-refractivity contribution is -0.126. The minimum absolute atomic E-state index is 0.0160. The molecule has 31 heavy (non-hydrogen) atoms. The lowest BCUT2D eigenvalue weighted by atomic mass is 9.88. The van der Waals surface area contributed by atoms with E-state index in [1.165, 1.54) is 0 Å². The van der Waals surface area contributed by atoms with E-state index in [0.717, 1.165) is 40.5 Å². The Morgan fingerprint density at radius 1 is 1.03 bits per heavy atom. The van der Waals surface area contributed by atoms with Crippen LogP contribution in [0.5, 0.6) is 17.2 Å². The van der Waals surface area contributed by atoms with E-state index >= 15 is 0 Å². The average molecular weight is 419 g/mol. The van der Waals surface area contributed by atoms with Crippen LogP contribution in [0.25, 0.3) is 22.1 Å². The van der Waals surface area contributed by atoms with E-state index in [-0.39, 0.29) is 11.9 Å². The first kappa shape index (κ1) is 19.5. The summed E-state index contributed by atoms with van der Waals surface area (Å²) in [5.41, 5.74) is 3.94. The Labute approximate surface area is 181 Å². The maximum Gasteiger partial charge on any atom is 0.255 e. The number of para-hydroxylation sites is 1. The summed E-state index contributed by atoms with van der Waals surface area (Å²) < 4.78 is 23.0. The summed E-state index contributed by atoms with van der Waals surface area (Å²) in [4.78, 5) is 15.6. The molecule has 1 amide bonds. The number of furan rings is 1. The quantitative estimate of drug-likeness (QED) is 0.551. The highest BCUT2D eigenvalue weighted by Crippen LogP contribution is 2.49. The van der Waals surface area contributed by atoms with Crippen molar-refractivity contribution in [2.75, 3.05) is 21.3 Å². The lowest BCUT2D eigenvalue weighted by Gasteiger charge is -2.33. The highest BCUT2D eigenvalue weighted by atomic mass is 16.5. The molecule has 0 N–H and O–H groups in total. The van der Waals surface area contributed by atoms with Gasteiger partial charge in [0, 0.05) is 28.1 Å². The second-order valence-corrected chi connectivity index (χ2v) is 7.98. The van der Waals surface area contributed by atoms with Crippen LogP contribution in [0.15, 0.2) is 40.8 Å². The van der Waals surface area contributed by atoms with Crippen molar-refractivity contribution >= 4 is 28.0 Å². The predicted molar refractivity (Wildman–Crippen MR) is 118 cm³/mol. The van der Waals surface area contributed by atoms with Crippen molar-refractivity contribution in [3.8, 4) is 17.2 Å². The second kappa shape index (κ2) is 7.38. The number of rotatable bonds is 5. The summed E-state index contributed by atoms with van der Waals surface area (Å²) in [5.74, 6) is 2.37. The fourth-order valence-electron chi connectivity index (χ4n) is 4.43. The molecule has 0 atom stereocenters. The lowest BCUT2D eigenvalue weighted by Crippen LogP contribution is -2.37. The molecular weight excluding hydrogens is 394 g/mol. The van der Waals surface area contributed by atoms with Gasteiger partial charge in [0.25, 0.3) is 5.91 Å². The Kier molecular flexibility index (Phi) is 4.65. The Balaban J connectivity index is 1.78. The van der Waals surface area contributed by atoms with Crippen LogP contribution in [0.2, 0.25) is 0 Å². The van der Waals surface area contributed by atoms with Crippen LogP contribution in [0, 0.1) is 0 Å². The summed E-state index contributed by atoms with van der Waals surface area (Å²) in [6.45, 7) is 2.42. The van der Waals surface area contributed by atoms with Gasteiger partial charge < -0.3 is 23.5 Å². The van der Waals surface area contributed by atoms with Crippen molar-refractivity contribution in [2.24, 2.45) is 0 Å². The molecule has 160 valence electrons. The third-order valence-electron chi connectivity index (χ3n) is 6.16. The maximum absolute atomic E-state index is 13.7. The Hall–Kier alpha value is -3.41. The molecule has 2 heterocycles. The largest absolute Gasteiger partial charge is 0.493 e. The van der Waals surface area contributed by atoms with Gasteiger partial charge in [0.1, 0.15) is 11.3 Å². The molecule has 5 rings (SSSR count). The molecule has 1 aromatic heterocycles. The van der Waals surface area contributed by atoms with Gasteiger partial charge >= 0.3 is 0 Å². The molecule has 1 fully saturated rings. The summed E-state index contributed by atoms with van der Waals surface area (Å²) in [6, 6.07) is 12.0. The first-order valence-corrected chi connectivity index (χ1v) is 10.4. The molecule has 0 bridgehead atoms.